The van der Waals surface area contributed by atoms with Gasteiger partial charge in [-0.2, -0.15) is 0 Å². The van der Waals surface area contributed by atoms with Crippen LogP contribution in [0.1, 0.15) is 11.4 Å². The van der Waals surface area contributed by atoms with Gasteiger partial charge in [0, 0.05) is 19.3 Å². The van der Waals surface area contributed by atoms with Gasteiger partial charge >= 0.3 is 0 Å². The first-order valence-electron chi connectivity index (χ1n) is 9.58. The van der Waals surface area contributed by atoms with E-state index in [9.17, 15) is 4.79 Å². The highest BCUT2D eigenvalue weighted by Crippen LogP contribution is 2.28. The predicted octanol–water partition coefficient (Wildman–Crippen LogP) is 3.39. The van der Waals surface area contributed by atoms with Crippen LogP contribution in [0.15, 0.2) is 53.7 Å². The first kappa shape index (κ1) is 21.7. The molecule has 0 bridgehead atoms. The van der Waals surface area contributed by atoms with E-state index >= 15 is 0 Å². The number of hydrogen-bond donors (Lipinski definition) is 0. The summed E-state index contributed by atoms with van der Waals surface area (Å²) in [5.74, 6) is 2.52. The minimum Gasteiger partial charge on any atom is -0.493 e. The zero-order valence-electron chi connectivity index (χ0n) is 17.7. The Hall–Kier alpha value is -3.00. The first-order valence-corrected chi connectivity index (χ1v) is 10.6. The Bertz CT molecular complexity index is 991. The van der Waals surface area contributed by atoms with Crippen LogP contribution < -0.4 is 9.47 Å². The maximum Gasteiger partial charge on any atom is 0.232 e. The van der Waals surface area contributed by atoms with E-state index in [1.54, 1.807) is 19.1 Å². The van der Waals surface area contributed by atoms with Crippen molar-refractivity contribution in [2.45, 2.75) is 18.5 Å². The monoisotopic (exact) mass is 426 g/mol. The highest BCUT2D eigenvalue weighted by atomic mass is 32.2. The quantitative estimate of drug-likeness (QED) is 0.489. The highest BCUT2D eigenvalue weighted by molar-refractivity contribution is 7.99. The van der Waals surface area contributed by atoms with Gasteiger partial charge in [0.2, 0.25) is 5.91 Å². The molecule has 1 amide bonds. The largest absolute Gasteiger partial charge is 0.493 e. The molecular weight excluding hydrogens is 400 g/mol. The van der Waals surface area contributed by atoms with Crippen LogP contribution in [0.4, 0.5) is 0 Å². The van der Waals surface area contributed by atoms with Gasteiger partial charge in [-0.1, -0.05) is 36.0 Å². The van der Waals surface area contributed by atoms with Crippen molar-refractivity contribution in [2.24, 2.45) is 0 Å². The standard InChI is InChI=1S/C22H26N4O3S/c1-16-23-24-22(26(16)18-8-6-5-7-9-18)30-15-21(27)25(2)13-12-17-10-11-19(28-3)20(14-17)29-4/h5-11,14H,12-13,15H2,1-4H3. The van der Waals surface area contributed by atoms with Gasteiger partial charge in [-0.3, -0.25) is 9.36 Å². The second kappa shape index (κ2) is 10.2. The second-order valence-corrected chi connectivity index (χ2v) is 7.69. The summed E-state index contributed by atoms with van der Waals surface area (Å²) < 4.78 is 12.6. The normalized spacial score (nSPS) is 10.7. The number of aromatic nitrogens is 3. The Morgan fingerprint density at radius 3 is 2.50 bits per heavy atom. The van der Waals surface area contributed by atoms with Crippen molar-refractivity contribution in [2.75, 3.05) is 33.6 Å². The molecule has 2 aromatic carbocycles. The number of amides is 1. The number of methoxy groups -OCH3 is 2. The molecule has 0 spiro atoms. The minimum atomic E-state index is 0.0424. The lowest BCUT2D eigenvalue weighted by Crippen LogP contribution is -2.30. The third-order valence-corrected chi connectivity index (χ3v) is 5.66. The zero-order valence-corrected chi connectivity index (χ0v) is 18.5. The summed E-state index contributed by atoms with van der Waals surface area (Å²) in [7, 11) is 5.04. The fourth-order valence-electron chi connectivity index (χ4n) is 3.00. The van der Waals surface area contributed by atoms with Gasteiger partial charge in [-0.25, -0.2) is 0 Å². The molecule has 0 atom stereocenters. The van der Waals surface area contributed by atoms with Gasteiger partial charge in [-0.15, -0.1) is 10.2 Å². The smallest absolute Gasteiger partial charge is 0.232 e. The summed E-state index contributed by atoms with van der Waals surface area (Å²) in [6, 6.07) is 15.7. The maximum atomic E-state index is 12.6. The highest BCUT2D eigenvalue weighted by Gasteiger charge is 2.15. The fourth-order valence-corrected chi connectivity index (χ4v) is 3.94. The number of hydrogen-bond acceptors (Lipinski definition) is 6. The van der Waals surface area contributed by atoms with Gasteiger partial charge < -0.3 is 14.4 Å². The SMILES string of the molecule is COc1ccc(CCN(C)C(=O)CSc2nnc(C)n2-c2ccccc2)cc1OC. The lowest BCUT2D eigenvalue weighted by Gasteiger charge is -2.17. The number of benzene rings is 2. The molecule has 1 heterocycles. The summed E-state index contributed by atoms with van der Waals surface area (Å²) in [6.45, 7) is 2.51. The molecule has 3 rings (SSSR count). The molecule has 0 saturated heterocycles. The number of para-hydroxylation sites is 1. The molecule has 0 saturated carbocycles. The van der Waals surface area contributed by atoms with Gasteiger partial charge in [-0.05, 0) is 43.2 Å². The first-order chi connectivity index (χ1) is 14.5. The second-order valence-electron chi connectivity index (χ2n) is 6.74. The van der Waals surface area contributed by atoms with Crippen LogP contribution in [-0.4, -0.2) is 59.1 Å². The van der Waals surface area contributed by atoms with E-state index in [0.29, 0.717) is 29.0 Å². The zero-order chi connectivity index (χ0) is 21.5. The number of ether oxygens (including phenoxy) is 2. The van der Waals surface area contributed by atoms with Crippen LogP contribution in [0.2, 0.25) is 0 Å². The number of thioether (sulfide) groups is 1. The molecule has 30 heavy (non-hydrogen) atoms. The summed E-state index contributed by atoms with van der Waals surface area (Å²) >= 11 is 1.39. The van der Waals surface area contributed by atoms with Crippen molar-refractivity contribution in [1.29, 1.82) is 0 Å². The van der Waals surface area contributed by atoms with Crippen LogP contribution in [0.5, 0.6) is 11.5 Å². The van der Waals surface area contributed by atoms with Crippen molar-refractivity contribution in [1.82, 2.24) is 19.7 Å². The van der Waals surface area contributed by atoms with Crippen molar-refractivity contribution in [3.8, 4) is 17.2 Å². The Morgan fingerprint density at radius 1 is 1.07 bits per heavy atom. The minimum absolute atomic E-state index is 0.0424. The van der Waals surface area contributed by atoms with Crippen molar-refractivity contribution in [3.05, 3.63) is 59.9 Å². The molecule has 158 valence electrons. The molecule has 0 aliphatic rings. The van der Waals surface area contributed by atoms with Gasteiger partial charge in [0.25, 0.3) is 0 Å². The Morgan fingerprint density at radius 2 is 1.80 bits per heavy atom. The molecule has 8 heteroatoms. The molecule has 3 aromatic rings. The number of nitrogens with zero attached hydrogens (tertiary/aromatic N) is 4. The average molecular weight is 427 g/mol. The maximum absolute atomic E-state index is 12.6. The Kier molecular flexibility index (Phi) is 7.35. The molecule has 0 N–H and O–H groups in total. The lowest BCUT2D eigenvalue weighted by atomic mass is 10.1. The molecule has 1 aromatic heterocycles. The van der Waals surface area contributed by atoms with E-state index in [-0.39, 0.29) is 5.91 Å². The number of carbonyl (C=O) groups is 1. The molecule has 0 unspecified atom stereocenters. The van der Waals surface area contributed by atoms with Crippen LogP contribution >= 0.6 is 11.8 Å². The van der Waals surface area contributed by atoms with Crippen LogP contribution in [0.3, 0.4) is 0 Å². The van der Waals surface area contributed by atoms with Crippen molar-refractivity contribution < 1.29 is 14.3 Å². The third-order valence-electron chi connectivity index (χ3n) is 4.74. The van der Waals surface area contributed by atoms with Gasteiger partial charge in [0.1, 0.15) is 5.82 Å². The molecule has 0 aliphatic heterocycles. The molecular formula is C22H26N4O3S. The van der Waals surface area contributed by atoms with E-state index in [0.717, 1.165) is 23.5 Å². The van der Waals surface area contributed by atoms with Crippen molar-refractivity contribution in [3.63, 3.8) is 0 Å². The Balaban J connectivity index is 1.57. The number of rotatable bonds is 9. The van der Waals surface area contributed by atoms with Gasteiger partial charge in [0.05, 0.1) is 20.0 Å². The van der Waals surface area contributed by atoms with E-state index in [1.807, 2.05) is 67.1 Å². The average Bonchev–Trinajstić information content (AvgIpc) is 3.16. The fraction of sp³-hybridized carbons (Fsp3) is 0.318. The lowest BCUT2D eigenvalue weighted by molar-refractivity contribution is -0.127. The molecule has 0 radical (unpaired) electrons. The van der Waals surface area contributed by atoms with E-state index in [1.165, 1.54) is 11.8 Å². The molecule has 0 aliphatic carbocycles. The Labute approximate surface area is 181 Å². The van der Waals surface area contributed by atoms with Gasteiger partial charge in [0.15, 0.2) is 16.7 Å². The van der Waals surface area contributed by atoms with Crippen LogP contribution in [0.25, 0.3) is 5.69 Å². The number of carbonyl (C=O) groups excluding carboxylic acids is 1. The van der Waals surface area contributed by atoms with E-state index < -0.39 is 0 Å². The van der Waals surface area contributed by atoms with Crippen LogP contribution in [0, 0.1) is 6.92 Å². The topological polar surface area (TPSA) is 69.5 Å². The third kappa shape index (κ3) is 5.13. The summed E-state index contributed by atoms with van der Waals surface area (Å²) in [5, 5.41) is 9.11. The number of aryl methyl sites for hydroxylation is 1. The van der Waals surface area contributed by atoms with Crippen LogP contribution in [-0.2, 0) is 11.2 Å². The molecule has 7 nitrogen and oxygen atoms in total. The van der Waals surface area contributed by atoms with E-state index in [4.69, 9.17) is 9.47 Å². The van der Waals surface area contributed by atoms with E-state index in [2.05, 4.69) is 10.2 Å². The summed E-state index contributed by atoms with van der Waals surface area (Å²) in [4.78, 5) is 14.4. The summed E-state index contributed by atoms with van der Waals surface area (Å²) in [6.07, 6.45) is 0.729. The predicted molar refractivity (Wildman–Crippen MR) is 118 cm³/mol. The molecule has 0 fully saturated rings. The summed E-state index contributed by atoms with van der Waals surface area (Å²) in [5.41, 5.74) is 2.07. The van der Waals surface area contributed by atoms with Crippen molar-refractivity contribution >= 4 is 17.7 Å². The number of likely N-dealkylation sites (N-methyl/N-ethyl adjacent to an activating group) is 1.